The Labute approximate surface area is 197 Å². The van der Waals surface area contributed by atoms with E-state index in [0.29, 0.717) is 17.1 Å². The minimum Gasteiger partial charge on any atom is -0.493 e. The molecule has 6 nitrogen and oxygen atoms in total. The minimum absolute atomic E-state index is 0.199. The fourth-order valence-electron chi connectivity index (χ4n) is 3.33. The average molecular weight is 485 g/mol. The zero-order valence-electron chi connectivity index (χ0n) is 18.4. The number of halogens is 4. The van der Waals surface area contributed by atoms with Gasteiger partial charge < -0.3 is 14.8 Å². The van der Waals surface area contributed by atoms with Crippen LogP contribution in [0.2, 0.25) is 0 Å². The van der Waals surface area contributed by atoms with Crippen LogP contribution in [0.1, 0.15) is 21.5 Å². The van der Waals surface area contributed by atoms with Crippen molar-refractivity contribution in [1.82, 2.24) is 9.78 Å². The van der Waals surface area contributed by atoms with Crippen LogP contribution in [0.25, 0.3) is 0 Å². The molecule has 0 bridgehead atoms. The Morgan fingerprint density at radius 3 is 2.51 bits per heavy atom. The smallest absolute Gasteiger partial charge is 0.255 e. The Morgan fingerprint density at radius 2 is 1.74 bits per heavy atom. The van der Waals surface area contributed by atoms with E-state index < -0.39 is 41.3 Å². The number of hydrogen-bond acceptors (Lipinski definition) is 4. The molecule has 0 saturated heterocycles. The molecule has 1 aromatic heterocycles. The SMILES string of the molecule is COc1ccccc1OCc1cccc(C(=O)Nc2cnn(Cc3c(F)cc(F)c(F)c3F)c2)c1. The number of para-hydroxylation sites is 2. The van der Waals surface area contributed by atoms with Crippen molar-refractivity contribution in [1.29, 1.82) is 0 Å². The first-order valence-electron chi connectivity index (χ1n) is 10.4. The van der Waals surface area contributed by atoms with Gasteiger partial charge in [0.05, 0.1) is 25.5 Å². The second kappa shape index (κ2) is 10.3. The number of hydrogen-bond donors (Lipinski definition) is 1. The molecule has 0 radical (unpaired) electrons. The largest absolute Gasteiger partial charge is 0.493 e. The van der Waals surface area contributed by atoms with Gasteiger partial charge >= 0.3 is 0 Å². The summed E-state index contributed by atoms with van der Waals surface area (Å²) in [7, 11) is 1.54. The number of nitrogens with zero attached hydrogens (tertiary/aromatic N) is 2. The maximum absolute atomic E-state index is 13.9. The molecule has 0 atom stereocenters. The summed E-state index contributed by atoms with van der Waals surface area (Å²) >= 11 is 0. The number of benzene rings is 3. The van der Waals surface area contributed by atoms with E-state index >= 15 is 0 Å². The third-order valence-corrected chi connectivity index (χ3v) is 5.07. The van der Waals surface area contributed by atoms with Gasteiger partial charge in [0.25, 0.3) is 5.91 Å². The van der Waals surface area contributed by atoms with Gasteiger partial charge in [-0.05, 0) is 29.8 Å². The van der Waals surface area contributed by atoms with Crippen molar-refractivity contribution in [2.24, 2.45) is 0 Å². The molecule has 3 aromatic carbocycles. The number of ether oxygens (including phenoxy) is 2. The van der Waals surface area contributed by atoms with Gasteiger partial charge in [-0.2, -0.15) is 5.10 Å². The lowest BCUT2D eigenvalue weighted by atomic mass is 10.1. The van der Waals surface area contributed by atoms with Crippen LogP contribution in [-0.4, -0.2) is 22.8 Å². The first-order chi connectivity index (χ1) is 16.9. The maximum atomic E-state index is 13.9. The van der Waals surface area contributed by atoms with Crippen molar-refractivity contribution in [2.45, 2.75) is 13.2 Å². The molecule has 35 heavy (non-hydrogen) atoms. The maximum Gasteiger partial charge on any atom is 0.255 e. The molecule has 10 heteroatoms. The summed E-state index contributed by atoms with van der Waals surface area (Å²) < 4.78 is 66.5. The number of anilines is 1. The van der Waals surface area contributed by atoms with Crippen molar-refractivity contribution in [3.05, 3.63) is 107 Å². The fraction of sp³-hybridized carbons (Fsp3) is 0.120. The van der Waals surface area contributed by atoms with Crippen LogP contribution in [0.3, 0.4) is 0 Å². The summed E-state index contributed by atoms with van der Waals surface area (Å²) in [5.41, 5.74) is 0.641. The molecule has 1 N–H and O–H groups in total. The molecule has 1 amide bonds. The van der Waals surface area contributed by atoms with Gasteiger partial charge in [-0.25, -0.2) is 17.6 Å². The van der Waals surface area contributed by atoms with E-state index in [-0.39, 0.29) is 18.4 Å². The number of nitrogens with one attached hydrogen (secondary N) is 1. The van der Waals surface area contributed by atoms with Crippen LogP contribution in [-0.2, 0) is 13.2 Å². The van der Waals surface area contributed by atoms with Gasteiger partial charge in [0.1, 0.15) is 12.4 Å². The molecule has 1 heterocycles. The molecule has 0 aliphatic carbocycles. The molecule has 4 aromatic rings. The molecule has 0 aliphatic rings. The lowest BCUT2D eigenvalue weighted by Crippen LogP contribution is -2.12. The van der Waals surface area contributed by atoms with Crippen LogP contribution in [0.5, 0.6) is 11.5 Å². The molecule has 4 rings (SSSR count). The van der Waals surface area contributed by atoms with Crippen molar-refractivity contribution < 1.29 is 31.8 Å². The summed E-state index contributed by atoms with van der Waals surface area (Å²) in [5, 5.41) is 6.54. The number of rotatable bonds is 8. The van der Waals surface area contributed by atoms with E-state index in [4.69, 9.17) is 9.47 Å². The van der Waals surface area contributed by atoms with Crippen molar-refractivity contribution in [3.63, 3.8) is 0 Å². The second-order valence-electron chi connectivity index (χ2n) is 7.47. The fourth-order valence-corrected chi connectivity index (χ4v) is 3.33. The van der Waals surface area contributed by atoms with E-state index in [0.717, 1.165) is 10.2 Å². The minimum atomic E-state index is -1.77. The van der Waals surface area contributed by atoms with Gasteiger partial charge in [-0.3, -0.25) is 9.48 Å². The average Bonchev–Trinajstić information content (AvgIpc) is 3.31. The molecule has 0 fully saturated rings. The van der Waals surface area contributed by atoms with Crippen molar-refractivity contribution >= 4 is 11.6 Å². The summed E-state index contributed by atoms with van der Waals surface area (Å²) in [6, 6.07) is 14.2. The second-order valence-corrected chi connectivity index (χ2v) is 7.47. The van der Waals surface area contributed by atoms with Gasteiger partial charge in [0.2, 0.25) is 0 Å². The number of methoxy groups -OCH3 is 1. The van der Waals surface area contributed by atoms with E-state index in [2.05, 4.69) is 10.4 Å². The monoisotopic (exact) mass is 485 g/mol. The Kier molecular flexibility index (Phi) is 7.00. The summed E-state index contributed by atoms with van der Waals surface area (Å²) in [4.78, 5) is 12.7. The summed E-state index contributed by atoms with van der Waals surface area (Å²) in [5.74, 6) is -5.56. The van der Waals surface area contributed by atoms with E-state index in [1.54, 1.807) is 43.5 Å². The number of carbonyl (C=O) groups is 1. The number of carbonyl (C=O) groups excluding carboxylic acids is 1. The Bertz CT molecular complexity index is 1370. The highest BCUT2D eigenvalue weighted by molar-refractivity contribution is 6.04. The highest BCUT2D eigenvalue weighted by Gasteiger charge is 2.19. The van der Waals surface area contributed by atoms with Crippen LogP contribution in [0.15, 0.2) is 67.0 Å². The number of amides is 1. The van der Waals surface area contributed by atoms with Crippen LogP contribution >= 0.6 is 0 Å². The van der Waals surface area contributed by atoms with E-state index in [9.17, 15) is 22.4 Å². The molecular formula is C25H19F4N3O3. The topological polar surface area (TPSA) is 65.4 Å². The first kappa shape index (κ1) is 23.8. The predicted molar refractivity (Wildman–Crippen MR) is 119 cm³/mol. The highest BCUT2D eigenvalue weighted by Crippen LogP contribution is 2.27. The molecule has 180 valence electrons. The first-order valence-corrected chi connectivity index (χ1v) is 10.4. The van der Waals surface area contributed by atoms with Crippen LogP contribution < -0.4 is 14.8 Å². The van der Waals surface area contributed by atoms with E-state index in [1.807, 2.05) is 12.1 Å². The molecule has 0 spiro atoms. The Morgan fingerprint density at radius 1 is 0.971 bits per heavy atom. The molecule has 0 unspecified atom stereocenters. The molecule has 0 saturated carbocycles. The summed E-state index contributed by atoms with van der Waals surface area (Å²) in [6.07, 6.45) is 2.58. The standard InChI is InChI=1S/C25H19F4N3O3/c1-34-21-7-2-3-8-22(21)35-14-15-5-4-6-16(9-15)25(33)31-17-11-30-32(12-17)13-18-19(26)10-20(27)24(29)23(18)28/h2-12H,13-14H2,1H3,(H,31,33). The van der Waals surface area contributed by atoms with Crippen molar-refractivity contribution in [2.75, 3.05) is 12.4 Å². The van der Waals surface area contributed by atoms with E-state index in [1.165, 1.54) is 12.4 Å². The van der Waals surface area contributed by atoms with Crippen LogP contribution in [0, 0.1) is 23.3 Å². The lowest BCUT2D eigenvalue weighted by molar-refractivity contribution is 0.102. The normalized spacial score (nSPS) is 10.8. The van der Waals surface area contributed by atoms with Gasteiger partial charge in [0, 0.05) is 23.4 Å². The quantitative estimate of drug-likeness (QED) is 0.208. The third kappa shape index (κ3) is 5.43. The Balaban J connectivity index is 1.42. The van der Waals surface area contributed by atoms with Gasteiger partial charge in [-0.1, -0.05) is 24.3 Å². The third-order valence-electron chi connectivity index (χ3n) is 5.07. The zero-order valence-corrected chi connectivity index (χ0v) is 18.4. The number of aromatic nitrogens is 2. The zero-order chi connectivity index (χ0) is 24.9. The molecular weight excluding hydrogens is 466 g/mol. The Hall–Kier alpha value is -4.34. The highest BCUT2D eigenvalue weighted by atomic mass is 19.2. The van der Waals surface area contributed by atoms with Crippen LogP contribution in [0.4, 0.5) is 23.2 Å². The van der Waals surface area contributed by atoms with Gasteiger partial charge in [-0.15, -0.1) is 0 Å². The molecule has 0 aliphatic heterocycles. The predicted octanol–water partition coefficient (Wildman–Crippen LogP) is 5.33. The lowest BCUT2D eigenvalue weighted by Gasteiger charge is -2.11. The van der Waals surface area contributed by atoms with Gasteiger partial charge in [0.15, 0.2) is 29.0 Å². The summed E-state index contributed by atoms with van der Waals surface area (Å²) in [6.45, 7) is -0.300. The van der Waals surface area contributed by atoms with Crippen molar-refractivity contribution in [3.8, 4) is 11.5 Å².